The minimum Gasteiger partial charge on any atom is -0.450 e. The number of ether oxygens (including phenoxy) is 1. The number of hydrogen-bond acceptors (Lipinski definition) is 5. The van der Waals surface area contributed by atoms with Crippen molar-refractivity contribution in [3.05, 3.63) is 61.7 Å². The Bertz CT molecular complexity index is 1300. The maximum absolute atomic E-state index is 14.5. The first-order chi connectivity index (χ1) is 16.9. The summed E-state index contributed by atoms with van der Waals surface area (Å²) in [6, 6.07) is 3.33. The fraction of sp³-hybridized carbons (Fsp3) is 0.444. The Labute approximate surface area is 205 Å². The van der Waals surface area contributed by atoms with Gasteiger partial charge in [-0.15, -0.1) is 0 Å². The van der Waals surface area contributed by atoms with E-state index >= 15 is 0 Å². The predicted molar refractivity (Wildman–Crippen MR) is 138 cm³/mol. The third kappa shape index (κ3) is 4.93. The van der Waals surface area contributed by atoms with Gasteiger partial charge in [0.15, 0.2) is 0 Å². The van der Waals surface area contributed by atoms with Crippen LogP contribution in [0.15, 0.2) is 16.9 Å². The second kappa shape index (κ2) is 11.9. The molecule has 1 aliphatic carbocycles. The van der Waals surface area contributed by atoms with Gasteiger partial charge in [0.2, 0.25) is 0 Å². The second-order valence-corrected chi connectivity index (χ2v) is 7.76. The molecular weight excluding hydrogens is 449 g/mol. The normalized spacial score (nSPS) is 12.1. The maximum Gasteiger partial charge on any atom is 0.506 e. The van der Waals surface area contributed by atoms with E-state index in [4.69, 9.17) is 10.1 Å². The second-order valence-electron chi connectivity index (χ2n) is 7.76. The van der Waals surface area contributed by atoms with Crippen LogP contribution in [0.25, 0.3) is 22.3 Å². The number of carboxylic acid groups (broad SMARTS) is 1. The molecule has 190 valence electrons. The zero-order chi connectivity index (χ0) is 26.4. The Balaban J connectivity index is 0.000000671. The van der Waals surface area contributed by atoms with Gasteiger partial charge in [-0.2, -0.15) is 0 Å². The zero-order valence-electron chi connectivity index (χ0n) is 21.7. The molecule has 0 fully saturated rings. The van der Waals surface area contributed by atoms with Crippen molar-refractivity contribution in [2.24, 2.45) is 5.73 Å². The fourth-order valence-corrected chi connectivity index (χ4v) is 4.74. The van der Waals surface area contributed by atoms with E-state index in [1.54, 1.807) is 11.5 Å². The van der Waals surface area contributed by atoms with Crippen LogP contribution in [0, 0.1) is 19.7 Å². The molecule has 0 unspecified atom stereocenters. The molecular formula is C27H36FN3O4. The number of nitrogens with zero attached hydrogens (tertiary/aromatic N) is 2. The van der Waals surface area contributed by atoms with Crippen LogP contribution >= 0.6 is 0 Å². The zero-order valence-corrected chi connectivity index (χ0v) is 21.7. The van der Waals surface area contributed by atoms with Crippen LogP contribution < -0.4 is 11.3 Å². The van der Waals surface area contributed by atoms with Gasteiger partial charge in [0, 0.05) is 17.0 Å². The van der Waals surface area contributed by atoms with E-state index < -0.39 is 6.16 Å². The highest BCUT2D eigenvalue weighted by Crippen LogP contribution is 2.41. The first-order valence-corrected chi connectivity index (χ1v) is 12.2. The Hall–Kier alpha value is -3.26. The molecule has 0 bridgehead atoms. The molecule has 3 aromatic rings. The number of carbonyl (C=O) groups is 1. The Morgan fingerprint density at radius 2 is 1.74 bits per heavy atom. The fourth-order valence-electron chi connectivity index (χ4n) is 4.74. The number of benzene rings is 1. The van der Waals surface area contributed by atoms with Crippen molar-refractivity contribution >= 4 is 17.1 Å². The smallest absolute Gasteiger partial charge is 0.450 e. The number of aromatic nitrogens is 2. The largest absolute Gasteiger partial charge is 0.506 e. The van der Waals surface area contributed by atoms with Crippen molar-refractivity contribution < 1.29 is 19.0 Å². The lowest BCUT2D eigenvalue weighted by Gasteiger charge is -2.21. The average molecular weight is 486 g/mol. The summed E-state index contributed by atoms with van der Waals surface area (Å²) in [4.78, 5) is 28.6. The molecule has 8 heteroatoms. The highest BCUT2D eigenvalue weighted by molar-refractivity contribution is 5.92. The van der Waals surface area contributed by atoms with Crippen molar-refractivity contribution in [2.75, 3.05) is 7.05 Å². The molecule has 2 aliphatic rings. The van der Waals surface area contributed by atoms with E-state index in [0.29, 0.717) is 34.4 Å². The van der Waals surface area contributed by atoms with Crippen LogP contribution in [0.3, 0.4) is 0 Å². The van der Waals surface area contributed by atoms with Crippen molar-refractivity contribution in [2.45, 2.75) is 74.0 Å². The van der Waals surface area contributed by atoms with Gasteiger partial charge in [-0.1, -0.05) is 27.7 Å². The summed E-state index contributed by atoms with van der Waals surface area (Å²) in [6.45, 7) is 11.7. The summed E-state index contributed by atoms with van der Waals surface area (Å²) in [6.07, 6.45) is 1.22. The van der Waals surface area contributed by atoms with Crippen LogP contribution in [0.2, 0.25) is 0 Å². The molecule has 3 heterocycles. The Morgan fingerprint density at radius 1 is 1.11 bits per heavy atom. The summed E-state index contributed by atoms with van der Waals surface area (Å²) in [5, 5.41) is 9.80. The summed E-state index contributed by atoms with van der Waals surface area (Å²) in [5.74, 6) is -0.250. The van der Waals surface area contributed by atoms with Crippen LogP contribution in [0.1, 0.15) is 67.5 Å². The molecule has 0 amide bonds. The lowest BCUT2D eigenvalue weighted by atomic mass is 9.85. The minimum atomic E-state index is -1.42. The van der Waals surface area contributed by atoms with Crippen LogP contribution in [0.4, 0.5) is 9.18 Å². The van der Waals surface area contributed by atoms with Gasteiger partial charge in [0.05, 0.1) is 29.0 Å². The number of hydrogen-bond donors (Lipinski definition) is 2. The Morgan fingerprint density at radius 3 is 2.37 bits per heavy atom. The van der Waals surface area contributed by atoms with Crippen LogP contribution in [0.5, 0.6) is 0 Å². The number of nitrogens with two attached hydrogens (primary N) is 1. The third-order valence-corrected chi connectivity index (χ3v) is 6.19. The highest BCUT2D eigenvalue weighted by atomic mass is 19.1. The van der Waals surface area contributed by atoms with E-state index in [1.165, 1.54) is 13.1 Å². The highest BCUT2D eigenvalue weighted by Gasteiger charge is 2.30. The SMILES string of the molecule is CC.CC.CN.Cc1cc2n(c(=O)c1COC(=O)O)Cc1c-2nc2cc(F)c(C)c3c2c1CCC3. The van der Waals surface area contributed by atoms with Crippen molar-refractivity contribution in [1.29, 1.82) is 0 Å². The van der Waals surface area contributed by atoms with Gasteiger partial charge in [-0.05, 0) is 68.5 Å². The number of pyridine rings is 2. The first-order valence-electron chi connectivity index (χ1n) is 12.2. The summed E-state index contributed by atoms with van der Waals surface area (Å²) >= 11 is 0. The lowest BCUT2D eigenvalue weighted by molar-refractivity contribution is 0.0848. The molecule has 3 N–H and O–H groups in total. The molecule has 1 aliphatic heterocycles. The third-order valence-electron chi connectivity index (χ3n) is 6.19. The molecule has 0 saturated heterocycles. The van der Waals surface area contributed by atoms with Crippen LogP contribution in [-0.2, 0) is 30.7 Å². The van der Waals surface area contributed by atoms with E-state index in [2.05, 4.69) is 10.5 Å². The van der Waals surface area contributed by atoms with Gasteiger partial charge in [-0.25, -0.2) is 14.2 Å². The van der Waals surface area contributed by atoms with E-state index in [1.807, 2.05) is 40.7 Å². The van der Waals surface area contributed by atoms with Crippen molar-refractivity contribution in [1.82, 2.24) is 9.55 Å². The van der Waals surface area contributed by atoms with E-state index in [9.17, 15) is 14.0 Å². The molecule has 5 rings (SSSR count). The molecule has 0 atom stereocenters. The van der Waals surface area contributed by atoms with Gasteiger partial charge in [-0.3, -0.25) is 4.79 Å². The first kappa shape index (κ1) is 28.0. The quantitative estimate of drug-likeness (QED) is 0.364. The number of halogens is 1. The van der Waals surface area contributed by atoms with Crippen molar-refractivity contribution in [3.8, 4) is 11.4 Å². The summed E-state index contributed by atoms with van der Waals surface area (Å²) in [5.41, 5.74) is 11.1. The molecule has 7 nitrogen and oxygen atoms in total. The molecule has 1 aromatic carbocycles. The van der Waals surface area contributed by atoms with Gasteiger partial charge >= 0.3 is 6.16 Å². The van der Waals surface area contributed by atoms with Gasteiger partial charge in [0.1, 0.15) is 12.4 Å². The maximum atomic E-state index is 14.5. The minimum absolute atomic E-state index is 0.250. The molecule has 0 spiro atoms. The van der Waals surface area contributed by atoms with Gasteiger partial charge in [0.25, 0.3) is 5.56 Å². The Kier molecular flexibility index (Phi) is 9.54. The summed E-state index contributed by atoms with van der Waals surface area (Å²) < 4.78 is 20.7. The van der Waals surface area contributed by atoms with Crippen LogP contribution in [-0.4, -0.2) is 27.9 Å². The number of aryl methyl sites for hydroxylation is 3. The lowest BCUT2D eigenvalue weighted by Crippen LogP contribution is -2.25. The predicted octanol–water partition coefficient (Wildman–Crippen LogP) is 5.49. The average Bonchev–Trinajstić information content (AvgIpc) is 3.24. The topological polar surface area (TPSA) is 107 Å². The molecule has 35 heavy (non-hydrogen) atoms. The van der Waals surface area contributed by atoms with Crippen molar-refractivity contribution in [3.63, 3.8) is 0 Å². The molecule has 0 radical (unpaired) electrons. The van der Waals surface area contributed by atoms with E-state index in [0.717, 1.165) is 47.0 Å². The van der Waals surface area contributed by atoms with E-state index in [-0.39, 0.29) is 18.0 Å². The monoisotopic (exact) mass is 485 g/mol. The van der Waals surface area contributed by atoms with Gasteiger partial charge < -0.3 is 20.1 Å². The number of rotatable bonds is 2. The molecule has 2 aromatic heterocycles. The summed E-state index contributed by atoms with van der Waals surface area (Å²) in [7, 11) is 1.50. The number of fused-ring (bicyclic) bond motifs is 4. The standard InChI is InChI=1S/C22H19FN2O4.2C2H6.CH5N/c1-10-6-18-20-14(8-25(18)21(26)15(10)9-29-22(27)28)13-5-3-4-12-11(2)16(23)7-17(24-20)19(12)13;3*1-2/h6-7H,3-5,8-9H2,1-2H3,(H,27,28);2*1-2H3;2H2,1H3. The molecule has 0 saturated carbocycles.